The first-order valence-electron chi connectivity index (χ1n) is 8.31. The normalized spacial score (nSPS) is 11.0. The molecule has 0 aliphatic carbocycles. The van der Waals surface area contributed by atoms with Crippen LogP contribution in [-0.4, -0.2) is 32.2 Å². The summed E-state index contributed by atoms with van der Waals surface area (Å²) in [5, 5.41) is 5.20. The molecule has 0 amide bonds. The van der Waals surface area contributed by atoms with E-state index in [1.165, 1.54) is 5.56 Å². The molecule has 7 heteroatoms. The maximum absolute atomic E-state index is 12.2. The number of rotatable bonds is 7. The smallest absolute Gasteiger partial charge is 0.341 e. The molecule has 3 rings (SSSR count). The number of hydrogen-bond donors (Lipinski definition) is 0. The van der Waals surface area contributed by atoms with Crippen molar-refractivity contribution in [2.45, 2.75) is 37.6 Å². The minimum absolute atomic E-state index is 0.331. The van der Waals surface area contributed by atoms with Crippen LogP contribution in [0.5, 0.6) is 0 Å². The van der Waals surface area contributed by atoms with Crippen LogP contribution < -0.4 is 0 Å². The van der Waals surface area contributed by atoms with E-state index in [1.54, 1.807) is 29.4 Å². The molecule has 0 radical (unpaired) electrons. The zero-order valence-electron chi connectivity index (χ0n) is 14.3. The highest BCUT2D eigenvalue weighted by Crippen LogP contribution is 2.21. The Morgan fingerprint density at radius 3 is 2.76 bits per heavy atom. The zero-order chi connectivity index (χ0) is 17.6. The topological polar surface area (TPSA) is 69.4 Å². The van der Waals surface area contributed by atoms with Crippen LogP contribution in [0.1, 0.15) is 41.9 Å². The molecule has 1 aromatic carbocycles. The Kier molecular flexibility index (Phi) is 5.65. The fourth-order valence-electron chi connectivity index (χ4n) is 2.50. The van der Waals surface area contributed by atoms with Crippen LogP contribution in [-0.2, 0) is 16.9 Å². The van der Waals surface area contributed by atoms with Crippen LogP contribution in [0.4, 0.5) is 0 Å². The van der Waals surface area contributed by atoms with Crippen molar-refractivity contribution in [3.8, 4) is 0 Å². The fourth-order valence-corrected chi connectivity index (χ4v) is 3.27. The molecule has 130 valence electrons. The maximum Gasteiger partial charge on any atom is 0.341 e. The minimum atomic E-state index is -0.366. The van der Waals surface area contributed by atoms with Crippen LogP contribution in [0, 0.1) is 0 Å². The molecule has 0 aliphatic rings. The average molecular weight is 356 g/mol. The second kappa shape index (κ2) is 8.11. The van der Waals surface area contributed by atoms with Gasteiger partial charge in [-0.05, 0) is 18.9 Å². The van der Waals surface area contributed by atoms with E-state index in [0.29, 0.717) is 29.5 Å². The monoisotopic (exact) mass is 356 g/mol. The number of carbonyl (C=O) groups is 1. The van der Waals surface area contributed by atoms with E-state index in [1.807, 2.05) is 18.2 Å². The number of benzene rings is 1. The predicted octanol–water partition coefficient (Wildman–Crippen LogP) is 3.55. The summed E-state index contributed by atoms with van der Waals surface area (Å²) in [7, 11) is 0. The van der Waals surface area contributed by atoms with E-state index < -0.39 is 0 Å². The third-order valence-electron chi connectivity index (χ3n) is 3.64. The Hall–Kier alpha value is -2.41. The third kappa shape index (κ3) is 3.99. The maximum atomic E-state index is 12.2. The van der Waals surface area contributed by atoms with Gasteiger partial charge in [0.1, 0.15) is 0 Å². The van der Waals surface area contributed by atoms with Gasteiger partial charge in [-0.2, -0.15) is 9.50 Å². The van der Waals surface area contributed by atoms with E-state index in [-0.39, 0.29) is 5.97 Å². The van der Waals surface area contributed by atoms with Gasteiger partial charge in [0.2, 0.25) is 5.16 Å². The Labute approximate surface area is 150 Å². The van der Waals surface area contributed by atoms with Crippen LogP contribution in [0.25, 0.3) is 5.78 Å². The average Bonchev–Trinajstić information content (AvgIpc) is 3.05. The molecule has 0 spiro atoms. The van der Waals surface area contributed by atoms with Crippen molar-refractivity contribution in [1.82, 2.24) is 19.6 Å². The molecule has 2 aromatic heterocycles. The van der Waals surface area contributed by atoms with Crippen LogP contribution in [0.3, 0.4) is 0 Å². The van der Waals surface area contributed by atoms with E-state index in [0.717, 1.165) is 17.9 Å². The number of nitrogens with zero attached hydrogens (tertiary/aromatic N) is 4. The van der Waals surface area contributed by atoms with Gasteiger partial charge in [-0.25, -0.2) is 9.78 Å². The lowest BCUT2D eigenvalue weighted by Crippen LogP contribution is -2.13. The van der Waals surface area contributed by atoms with Crippen molar-refractivity contribution in [3.63, 3.8) is 0 Å². The molecule has 0 atom stereocenters. The highest BCUT2D eigenvalue weighted by atomic mass is 32.2. The van der Waals surface area contributed by atoms with Gasteiger partial charge in [-0.15, -0.1) is 5.10 Å². The molecule has 0 saturated carbocycles. The van der Waals surface area contributed by atoms with Gasteiger partial charge in [0.25, 0.3) is 5.78 Å². The van der Waals surface area contributed by atoms with E-state index in [2.05, 4.69) is 34.1 Å². The predicted molar refractivity (Wildman–Crippen MR) is 96.7 cm³/mol. The molecule has 0 fully saturated rings. The summed E-state index contributed by atoms with van der Waals surface area (Å²) in [5.41, 5.74) is 2.46. The molecule has 0 bridgehead atoms. The number of aryl methyl sites for hydroxylation is 1. The Bertz CT molecular complexity index is 864. The quantitative estimate of drug-likeness (QED) is 0.476. The lowest BCUT2D eigenvalue weighted by atomic mass is 10.1. The molecular formula is C18H20N4O2S. The largest absolute Gasteiger partial charge is 0.462 e. The number of aromatic nitrogens is 4. The molecular weight excluding hydrogens is 336 g/mol. The van der Waals surface area contributed by atoms with Crippen molar-refractivity contribution < 1.29 is 9.53 Å². The summed E-state index contributed by atoms with van der Waals surface area (Å²) < 4.78 is 6.80. The van der Waals surface area contributed by atoms with Crippen LogP contribution in [0.2, 0.25) is 0 Å². The van der Waals surface area contributed by atoms with E-state index in [9.17, 15) is 4.79 Å². The molecule has 0 N–H and O–H groups in total. The summed E-state index contributed by atoms with van der Waals surface area (Å²) in [5.74, 6) is 0.923. The third-order valence-corrected chi connectivity index (χ3v) is 4.55. The molecule has 0 unspecified atom stereocenters. The van der Waals surface area contributed by atoms with E-state index >= 15 is 0 Å². The molecule has 0 aliphatic heterocycles. The van der Waals surface area contributed by atoms with Crippen LogP contribution >= 0.6 is 11.8 Å². The standard InChI is InChI=1S/C18H20N4O2S/c1-3-8-15-14(16(23)24-4-2)11-19-17-20-18(21-22(15)17)25-12-13-9-6-5-7-10-13/h5-7,9-11H,3-4,8,12H2,1-2H3. The first kappa shape index (κ1) is 17.4. The number of thioether (sulfide) groups is 1. The molecule has 0 saturated heterocycles. The Morgan fingerprint density at radius 1 is 1.24 bits per heavy atom. The Morgan fingerprint density at radius 2 is 2.04 bits per heavy atom. The van der Waals surface area contributed by atoms with Gasteiger partial charge in [0.15, 0.2) is 0 Å². The van der Waals surface area contributed by atoms with Crippen molar-refractivity contribution in [1.29, 1.82) is 0 Å². The molecule has 3 aromatic rings. The lowest BCUT2D eigenvalue weighted by molar-refractivity contribution is 0.0523. The summed E-state index contributed by atoms with van der Waals surface area (Å²) in [6, 6.07) is 10.2. The number of esters is 1. The lowest BCUT2D eigenvalue weighted by Gasteiger charge is -2.08. The summed E-state index contributed by atoms with van der Waals surface area (Å²) in [6.07, 6.45) is 3.13. The van der Waals surface area contributed by atoms with Gasteiger partial charge in [-0.3, -0.25) is 0 Å². The number of fused-ring (bicyclic) bond motifs is 1. The van der Waals surface area contributed by atoms with E-state index in [4.69, 9.17) is 4.74 Å². The number of hydrogen-bond acceptors (Lipinski definition) is 6. The zero-order valence-corrected chi connectivity index (χ0v) is 15.1. The van der Waals surface area contributed by atoms with Crippen LogP contribution in [0.15, 0.2) is 41.7 Å². The van der Waals surface area contributed by atoms with Gasteiger partial charge in [-0.1, -0.05) is 55.4 Å². The highest BCUT2D eigenvalue weighted by Gasteiger charge is 2.18. The van der Waals surface area contributed by atoms with Gasteiger partial charge in [0, 0.05) is 11.9 Å². The van der Waals surface area contributed by atoms with Crippen molar-refractivity contribution in [2.24, 2.45) is 0 Å². The first-order valence-corrected chi connectivity index (χ1v) is 9.30. The fraction of sp³-hybridized carbons (Fsp3) is 0.333. The van der Waals surface area contributed by atoms with Crippen molar-refractivity contribution >= 4 is 23.5 Å². The highest BCUT2D eigenvalue weighted by molar-refractivity contribution is 7.98. The first-order chi connectivity index (χ1) is 12.2. The molecule has 2 heterocycles. The SMILES string of the molecule is CCCc1c(C(=O)OCC)cnc2nc(SCc3ccccc3)nn12. The Balaban J connectivity index is 1.90. The molecule has 6 nitrogen and oxygen atoms in total. The van der Waals surface area contributed by atoms with Crippen molar-refractivity contribution in [2.75, 3.05) is 6.61 Å². The summed E-state index contributed by atoms with van der Waals surface area (Å²) >= 11 is 1.55. The van der Waals surface area contributed by atoms with Crippen molar-refractivity contribution in [3.05, 3.63) is 53.3 Å². The van der Waals surface area contributed by atoms with Gasteiger partial charge < -0.3 is 4.74 Å². The summed E-state index contributed by atoms with van der Waals surface area (Å²) in [6.45, 7) is 4.18. The van der Waals surface area contributed by atoms with Gasteiger partial charge >= 0.3 is 5.97 Å². The number of ether oxygens (including phenoxy) is 1. The number of carbonyl (C=O) groups excluding carboxylic acids is 1. The summed E-state index contributed by atoms with van der Waals surface area (Å²) in [4.78, 5) is 20.9. The minimum Gasteiger partial charge on any atom is -0.462 e. The second-order valence-electron chi connectivity index (χ2n) is 5.47. The molecule has 25 heavy (non-hydrogen) atoms. The van der Waals surface area contributed by atoms with Gasteiger partial charge in [0.05, 0.1) is 17.9 Å². The second-order valence-corrected chi connectivity index (χ2v) is 6.41.